The molecule has 0 aliphatic carbocycles. The van der Waals surface area contributed by atoms with E-state index in [2.05, 4.69) is 4.18 Å². The van der Waals surface area contributed by atoms with Crippen LogP contribution in [0.4, 0.5) is 39.5 Å². The quantitative estimate of drug-likeness (QED) is 0.455. The minimum Gasteiger partial charge on any atom is -0.257 e. The van der Waals surface area contributed by atoms with E-state index in [4.69, 9.17) is 0 Å². The van der Waals surface area contributed by atoms with Crippen LogP contribution in [0.15, 0.2) is 0 Å². The van der Waals surface area contributed by atoms with Gasteiger partial charge in [-0.25, -0.2) is 13.2 Å². The van der Waals surface area contributed by atoms with Crippen molar-refractivity contribution in [2.75, 3.05) is 6.61 Å². The largest absolute Gasteiger partial charge is 0.523 e. The molecule has 0 aliphatic heterocycles. The molecule has 0 fully saturated rings. The highest BCUT2D eigenvalue weighted by Gasteiger charge is 2.58. The second-order valence-electron chi connectivity index (χ2n) is 2.83. The van der Waals surface area contributed by atoms with Crippen LogP contribution in [0, 0.1) is 0 Å². The minimum absolute atomic E-state index is 2.63. The van der Waals surface area contributed by atoms with Gasteiger partial charge in [-0.1, -0.05) is 0 Å². The van der Waals surface area contributed by atoms with E-state index in [0.29, 0.717) is 0 Å². The molecule has 18 heavy (non-hydrogen) atoms. The van der Waals surface area contributed by atoms with E-state index in [9.17, 15) is 47.9 Å². The van der Waals surface area contributed by atoms with Crippen molar-refractivity contribution in [2.45, 2.75) is 23.8 Å². The molecule has 13 heteroatoms. The third-order valence-electron chi connectivity index (χ3n) is 1.35. The Labute approximate surface area is 93.6 Å². The summed E-state index contributed by atoms with van der Waals surface area (Å²) in [5.74, 6) is -5.48. The molecule has 0 aromatic carbocycles. The van der Waals surface area contributed by atoms with Gasteiger partial charge in [-0.05, 0) is 0 Å². The zero-order chi connectivity index (χ0) is 15.0. The van der Waals surface area contributed by atoms with Crippen LogP contribution in [0.3, 0.4) is 0 Å². The molecule has 0 spiro atoms. The Morgan fingerprint density at radius 2 is 1.33 bits per heavy atom. The third kappa shape index (κ3) is 4.19. The average Bonchev–Trinajstić information content (AvgIpc) is 2.10. The molecule has 1 atom stereocenters. The first-order chi connectivity index (χ1) is 7.61. The molecule has 0 amide bonds. The average molecular weight is 314 g/mol. The fourth-order valence-corrected chi connectivity index (χ4v) is 0.981. The van der Waals surface area contributed by atoms with Crippen LogP contribution in [-0.4, -0.2) is 38.8 Å². The van der Waals surface area contributed by atoms with Crippen LogP contribution in [0.25, 0.3) is 0 Å². The molecule has 110 valence electrons. The summed E-state index contributed by atoms with van der Waals surface area (Å²) in [5, 5.41) is 0. The predicted molar refractivity (Wildman–Crippen MR) is 36.8 cm³/mol. The monoisotopic (exact) mass is 314 g/mol. The zero-order valence-electron chi connectivity index (χ0n) is 7.82. The van der Waals surface area contributed by atoms with Crippen molar-refractivity contribution in [3.05, 3.63) is 0 Å². The van der Waals surface area contributed by atoms with E-state index >= 15 is 0 Å². The second kappa shape index (κ2) is 4.75. The van der Waals surface area contributed by atoms with Gasteiger partial charge in [-0.15, -0.1) is 0 Å². The first-order valence-electron chi connectivity index (χ1n) is 3.65. The summed E-state index contributed by atoms with van der Waals surface area (Å²) < 4.78 is 129. The van der Waals surface area contributed by atoms with Gasteiger partial charge >= 0.3 is 27.7 Å². The van der Waals surface area contributed by atoms with E-state index in [0.717, 1.165) is 0 Å². The van der Waals surface area contributed by atoms with Gasteiger partial charge in [0, 0.05) is 0 Å². The van der Waals surface area contributed by atoms with Crippen molar-refractivity contribution in [2.24, 2.45) is 0 Å². The summed E-state index contributed by atoms with van der Waals surface area (Å²) in [5.41, 5.74) is -6.10. The SMILES string of the molecule is O=S(=O)(OCC(F)(F)[C@@H](F)C(F)(F)F)C(F)(F)F. The van der Waals surface area contributed by atoms with Crippen molar-refractivity contribution in [3.63, 3.8) is 0 Å². The van der Waals surface area contributed by atoms with Crippen LogP contribution in [0.1, 0.15) is 0 Å². The lowest BCUT2D eigenvalue weighted by molar-refractivity contribution is -0.250. The van der Waals surface area contributed by atoms with Crippen molar-refractivity contribution < 1.29 is 52.1 Å². The lowest BCUT2D eigenvalue weighted by atomic mass is 10.2. The van der Waals surface area contributed by atoms with Crippen LogP contribution < -0.4 is 0 Å². The first kappa shape index (κ1) is 17.3. The summed E-state index contributed by atoms with van der Waals surface area (Å²) >= 11 is 0. The van der Waals surface area contributed by atoms with E-state index in [1.807, 2.05) is 0 Å². The number of halogens is 9. The molecule has 3 nitrogen and oxygen atoms in total. The predicted octanol–water partition coefficient (Wildman–Crippen LogP) is 2.39. The van der Waals surface area contributed by atoms with Gasteiger partial charge in [0.25, 0.3) is 6.17 Å². The molecule has 0 aromatic heterocycles. The number of hydrogen-bond acceptors (Lipinski definition) is 3. The topological polar surface area (TPSA) is 43.4 Å². The van der Waals surface area contributed by atoms with Gasteiger partial charge in [0.2, 0.25) is 0 Å². The summed E-state index contributed by atoms with van der Waals surface area (Å²) in [6.07, 6.45) is -10.9. The fraction of sp³-hybridized carbons (Fsp3) is 1.00. The summed E-state index contributed by atoms with van der Waals surface area (Å²) in [6.45, 7) is -2.92. The molecule has 0 unspecified atom stereocenters. The third-order valence-corrected chi connectivity index (χ3v) is 2.34. The molecular formula is C5H3F9O3S. The molecule has 0 N–H and O–H groups in total. The van der Waals surface area contributed by atoms with Crippen LogP contribution in [0.5, 0.6) is 0 Å². The minimum atomic E-state index is -6.52. The number of rotatable bonds is 4. The maximum absolute atomic E-state index is 12.4. The molecule has 0 bridgehead atoms. The number of hydrogen-bond donors (Lipinski definition) is 0. The van der Waals surface area contributed by atoms with Crippen molar-refractivity contribution >= 4 is 10.1 Å². The summed E-state index contributed by atoms with van der Waals surface area (Å²) in [4.78, 5) is 0. The molecule has 0 radical (unpaired) electrons. The van der Waals surface area contributed by atoms with E-state index in [1.54, 1.807) is 0 Å². The summed E-state index contributed by atoms with van der Waals surface area (Å²) in [7, 11) is -6.52. The Morgan fingerprint density at radius 3 is 1.61 bits per heavy atom. The summed E-state index contributed by atoms with van der Waals surface area (Å²) in [6, 6.07) is 0. The normalized spacial score (nSPS) is 16.7. The van der Waals surface area contributed by atoms with Gasteiger partial charge in [-0.2, -0.15) is 34.8 Å². The van der Waals surface area contributed by atoms with Crippen LogP contribution in [-0.2, 0) is 14.3 Å². The molecule has 0 rings (SSSR count). The van der Waals surface area contributed by atoms with Gasteiger partial charge in [-0.3, -0.25) is 4.18 Å². The Bertz CT molecular complexity index is 380. The van der Waals surface area contributed by atoms with Crippen molar-refractivity contribution in [1.82, 2.24) is 0 Å². The fourth-order valence-electron chi connectivity index (χ4n) is 0.536. The highest BCUT2D eigenvalue weighted by Crippen LogP contribution is 2.36. The molecule has 0 heterocycles. The Balaban J connectivity index is 4.84. The second-order valence-corrected chi connectivity index (χ2v) is 4.43. The molecule has 0 aromatic rings. The van der Waals surface area contributed by atoms with Gasteiger partial charge in [0.15, 0.2) is 0 Å². The highest BCUT2D eigenvalue weighted by molar-refractivity contribution is 7.87. The standard InChI is InChI=1S/C5H3F9O3S/c6-2(4(9,10)11)3(7,8)1-17-18(15,16)5(12,13)14/h2H,1H2/t2-/m1/s1. The van der Waals surface area contributed by atoms with E-state index in [1.165, 1.54) is 0 Å². The molecule has 0 saturated heterocycles. The lowest BCUT2D eigenvalue weighted by Crippen LogP contribution is -2.45. The first-order valence-corrected chi connectivity index (χ1v) is 5.06. The van der Waals surface area contributed by atoms with E-state index < -0.39 is 40.5 Å². The lowest BCUT2D eigenvalue weighted by Gasteiger charge is -2.22. The Hall–Kier alpha value is -0.720. The van der Waals surface area contributed by atoms with Gasteiger partial charge in [0.05, 0.1) is 0 Å². The maximum atomic E-state index is 12.4. The maximum Gasteiger partial charge on any atom is 0.523 e. The highest BCUT2D eigenvalue weighted by atomic mass is 32.2. The van der Waals surface area contributed by atoms with Crippen LogP contribution >= 0.6 is 0 Å². The zero-order valence-corrected chi connectivity index (χ0v) is 8.64. The van der Waals surface area contributed by atoms with Gasteiger partial charge in [0.1, 0.15) is 6.61 Å². The Morgan fingerprint density at radius 1 is 0.944 bits per heavy atom. The smallest absolute Gasteiger partial charge is 0.257 e. The molecule has 0 saturated carbocycles. The van der Waals surface area contributed by atoms with Crippen LogP contribution in [0.2, 0.25) is 0 Å². The van der Waals surface area contributed by atoms with Crippen molar-refractivity contribution in [1.29, 1.82) is 0 Å². The molecule has 0 aliphatic rings. The van der Waals surface area contributed by atoms with Gasteiger partial charge < -0.3 is 0 Å². The Kier molecular flexibility index (Phi) is 4.56. The van der Waals surface area contributed by atoms with E-state index in [-0.39, 0.29) is 0 Å². The van der Waals surface area contributed by atoms with Crippen molar-refractivity contribution in [3.8, 4) is 0 Å². The number of alkyl halides is 9. The molecular weight excluding hydrogens is 311 g/mol.